The highest BCUT2D eigenvalue weighted by atomic mass is 19.4. The van der Waals surface area contributed by atoms with Gasteiger partial charge in [0.25, 0.3) is 0 Å². The maximum atomic E-state index is 12.1. The number of hydrogen-bond acceptors (Lipinski definition) is 2. The van der Waals surface area contributed by atoms with Crippen molar-refractivity contribution in [2.24, 2.45) is 0 Å². The molecule has 0 spiro atoms. The third-order valence-electron chi connectivity index (χ3n) is 2.01. The van der Waals surface area contributed by atoms with Crippen LogP contribution in [0.3, 0.4) is 0 Å². The molecule has 1 heterocycles. The number of halogens is 3. The largest absolute Gasteiger partial charge is 0.433 e. The highest BCUT2D eigenvalue weighted by Gasteiger charge is 2.32. The summed E-state index contributed by atoms with van der Waals surface area (Å²) in [5.41, 5.74) is -0.120. The van der Waals surface area contributed by atoms with Crippen LogP contribution in [0.2, 0.25) is 0 Å². The Labute approximate surface area is 80.2 Å². The Morgan fingerprint density at radius 3 is 2.36 bits per heavy atom. The summed E-state index contributed by atoms with van der Waals surface area (Å²) in [4.78, 5) is 3.35. The number of alkyl halides is 3. The Balaban J connectivity index is 2.89. The van der Waals surface area contributed by atoms with E-state index in [4.69, 9.17) is 0 Å². The first-order valence-corrected chi connectivity index (χ1v) is 4.15. The normalized spacial score (nSPS) is 14.1. The number of hydrogen-bond donors (Lipinski definition) is 1. The fourth-order valence-corrected chi connectivity index (χ4v) is 0.996. The molecule has 1 aromatic rings. The molecule has 0 radical (unpaired) electrons. The first-order valence-electron chi connectivity index (χ1n) is 4.15. The molecule has 1 aromatic heterocycles. The Morgan fingerprint density at radius 1 is 1.36 bits per heavy atom. The monoisotopic (exact) mass is 204 g/mol. The summed E-state index contributed by atoms with van der Waals surface area (Å²) >= 11 is 0. The van der Waals surface area contributed by atoms with Gasteiger partial charge in [0.05, 0.1) is 0 Å². The van der Waals surface area contributed by atoms with Crippen LogP contribution in [0.1, 0.15) is 24.2 Å². The molecule has 2 nitrogen and oxygen atoms in total. The molecule has 1 N–H and O–H groups in total. The number of pyridine rings is 1. The van der Waals surface area contributed by atoms with Crippen molar-refractivity contribution in [3.63, 3.8) is 0 Å². The first kappa shape index (κ1) is 11.0. The molecule has 0 saturated heterocycles. The lowest BCUT2D eigenvalue weighted by Crippen LogP contribution is -2.14. The Hall–Kier alpha value is -1.10. The zero-order valence-corrected chi connectivity index (χ0v) is 7.89. The van der Waals surface area contributed by atoms with Gasteiger partial charge in [-0.2, -0.15) is 13.2 Å². The van der Waals surface area contributed by atoms with Gasteiger partial charge in [-0.25, -0.2) is 0 Å². The number of nitrogens with zero attached hydrogens (tertiary/aromatic N) is 1. The lowest BCUT2D eigenvalue weighted by Gasteiger charge is -2.11. The van der Waals surface area contributed by atoms with Gasteiger partial charge in [0.2, 0.25) is 0 Å². The van der Waals surface area contributed by atoms with E-state index in [1.807, 2.05) is 6.92 Å². The van der Waals surface area contributed by atoms with Gasteiger partial charge in [0.1, 0.15) is 5.69 Å². The molecular weight excluding hydrogens is 193 g/mol. The molecule has 1 atom stereocenters. The molecule has 0 aliphatic heterocycles. The first-order chi connectivity index (χ1) is 6.45. The molecule has 0 amide bonds. The molecule has 0 unspecified atom stereocenters. The maximum absolute atomic E-state index is 12.1. The number of rotatable bonds is 2. The molecule has 14 heavy (non-hydrogen) atoms. The quantitative estimate of drug-likeness (QED) is 0.800. The van der Waals surface area contributed by atoms with Gasteiger partial charge in [0, 0.05) is 12.2 Å². The van der Waals surface area contributed by atoms with Gasteiger partial charge < -0.3 is 5.32 Å². The second-order valence-electron chi connectivity index (χ2n) is 2.98. The number of aromatic nitrogens is 1. The van der Waals surface area contributed by atoms with Crippen molar-refractivity contribution in [1.29, 1.82) is 0 Å². The van der Waals surface area contributed by atoms with Crippen LogP contribution in [0.4, 0.5) is 13.2 Å². The minimum atomic E-state index is -4.36. The summed E-state index contributed by atoms with van der Waals surface area (Å²) in [6.07, 6.45) is -3.12. The Kier molecular flexibility index (Phi) is 3.10. The van der Waals surface area contributed by atoms with E-state index in [-0.39, 0.29) is 6.04 Å². The van der Waals surface area contributed by atoms with Gasteiger partial charge in [-0.3, -0.25) is 4.98 Å². The van der Waals surface area contributed by atoms with Crippen molar-refractivity contribution in [3.8, 4) is 0 Å². The van der Waals surface area contributed by atoms with Crippen LogP contribution in [0.15, 0.2) is 18.3 Å². The fraction of sp³-hybridized carbons (Fsp3) is 0.444. The predicted octanol–water partition coefficient (Wildman–Crippen LogP) is 2.38. The number of nitrogens with one attached hydrogen (secondary N) is 1. The zero-order chi connectivity index (χ0) is 10.8. The topological polar surface area (TPSA) is 24.9 Å². The molecule has 0 aliphatic rings. The summed E-state index contributed by atoms with van der Waals surface area (Å²) in [7, 11) is 1.74. The van der Waals surface area contributed by atoms with Crippen LogP contribution in [0.25, 0.3) is 0 Å². The van der Waals surface area contributed by atoms with E-state index in [2.05, 4.69) is 10.3 Å². The van der Waals surface area contributed by atoms with E-state index in [1.165, 1.54) is 12.3 Å². The molecule has 5 heteroatoms. The highest BCUT2D eigenvalue weighted by molar-refractivity contribution is 5.18. The third-order valence-corrected chi connectivity index (χ3v) is 2.01. The van der Waals surface area contributed by atoms with Crippen molar-refractivity contribution >= 4 is 0 Å². The highest BCUT2D eigenvalue weighted by Crippen LogP contribution is 2.27. The van der Waals surface area contributed by atoms with Crippen molar-refractivity contribution < 1.29 is 13.2 Å². The third kappa shape index (κ3) is 2.45. The molecule has 0 aliphatic carbocycles. The smallest absolute Gasteiger partial charge is 0.313 e. The summed E-state index contributed by atoms with van der Waals surface area (Å²) < 4.78 is 36.4. The summed E-state index contributed by atoms with van der Waals surface area (Å²) in [5, 5.41) is 2.92. The standard InChI is InChI=1S/C9H11F3N2/c1-6(13-2)7-3-4-8(14-5-7)9(10,11)12/h3-6,13H,1-2H3/t6-/m1/s1. The minimum Gasteiger partial charge on any atom is -0.313 e. The second-order valence-corrected chi connectivity index (χ2v) is 2.98. The maximum Gasteiger partial charge on any atom is 0.433 e. The van der Waals surface area contributed by atoms with E-state index in [1.54, 1.807) is 7.05 Å². The predicted molar refractivity (Wildman–Crippen MR) is 46.7 cm³/mol. The summed E-state index contributed by atoms with van der Waals surface area (Å²) in [6.45, 7) is 1.85. The lowest BCUT2D eigenvalue weighted by molar-refractivity contribution is -0.141. The van der Waals surface area contributed by atoms with Crippen LogP contribution in [0, 0.1) is 0 Å². The van der Waals surface area contributed by atoms with Crippen LogP contribution in [-0.2, 0) is 6.18 Å². The van der Waals surface area contributed by atoms with Gasteiger partial charge in [-0.1, -0.05) is 6.07 Å². The van der Waals surface area contributed by atoms with Gasteiger partial charge in [0.15, 0.2) is 0 Å². The van der Waals surface area contributed by atoms with Crippen molar-refractivity contribution in [2.75, 3.05) is 7.05 Å². The van der Waals surface area contributed by atoms with E-state index in [0.29, 0.717) is 0 Å². The Morgan fingerprint density at radius 2 is 2.00 bits per heavy atom. The van der Waals surface area contributed by atoms with Crippen LogP contribution < -0.4 is 5.32 Å². The van der Waals surface area contributed by atoms with E-state index < -0.39 is 11.9 Å². The van der Waals surface area contributed by atoms with Crippen molar-refractivity contribution in [3.05, 3.63) is 29.6 Å². The van der Waals surface area contributed by atoms with E-state index >= 15 is 0 Å². The minimum absolute atomic E-state index is 0.00443. The molecule has 0 fully saturated rings. The molecule has 0 bridgehead atoms. The Bertz CT molecular complexity index is 292. The molecule has 78 valence electrons. The molecule has 0 aromatic carbocycles. The van der Waals surface area contributed by atoms with E-state index in [0.717, 1.165) is 11.6 Å². The van der Waals surface area contributed by atoms with Crippen LogP contribution >= 0.6 is 0 Å². The van der Waals surface area contributed by atoms with Gasteiger partial charge >= 0.3 is 6.18 Å². The SMILES string of the molecule is CN[C@H](C)c1ccc(C(F)(F)F)nc1. The lowest BCUT2D eigenvalue weighted by atomic mass is 10.1. The van der Waals surface area contributed by atoms with Crippen molar-refractivity contribution in [1.82, 2.24) is 10.3 Å². The average Bonchev–Trinajstić information content (AvgIpc) is 2.15. The summed E-state index contributed by atoms with van der Waals surface area (Å²) in [6, 6.07) is 2.42. The average molecular weight is 204 g/mol. The van der Waals surface area contributed by atoms with Gasteiger partial charge in [-0.05, 0) is 25.6 Å². The second kappa shape index (κ2) is 3.96. The molecular formula is C9H11F3N2. The van der Waals surface area contributed by atoms with Crippen LogP contribution in [0.5, 0.6) is 0 Å². The summed E-state index contributed by atoms with van der Waals surface area (Å²) in [5.74, 6) is 0. The van der Waals surface area contributed by atoms with E-state index in [9.17, 15) is 13.2 Å². The van der Waals surface area contributed by atoms with Crippen molar-refractivity contribution in [2.45, 2.75) is 19.1 Å². The fourth-order valence-electron chi connectivity index (χ4n) is 0.996. The van der Waals surface area contributed by atoms with Crippen LogP contribution in [-0.4, -0.2) is 12.0 Å². The molecule has 0 saturated carbocycles. The molecule has 1 rings (SSSR count). The van der Waals surface area contributed by atoms with Gasteiger partial charge in [-0.15, -0.1) is 0 Å². The zero-order valence-electron chi connectivity index (χ0n) is 7.89.